The highest BCUT2D eigenvalue weighted by Gasteiger charge is 2.20. The normalized spacial score (nSPS) is 11.6. The summed E-state index contributed by atoms with van der Waals surface area (Å²) in [5.41, 5.74) is -0.240. The van der Waals surface area contributed by atoms with Crippen LogP contribution < -0.4 is 10.1 Å². The number of esters is 1. The molecule has 25 heavy (non-hydrogen) atoms. The van der Waals surface area contributed by atoms with Crippen LogP contribution in [0.5, 0.6) is 5.75 Å². The largest absolute Gasteiger partial charge is 0.480 e. The molecule has 2 aromatic carbocycles. The van der Waals surface area contributed by atoms with Crippen LogP contribution in [0.1, 0.15) is 17.3 Å². The minimum absolute atomic E-state index is 0.282. The van der Waals surface area contributed by atoms with Gasteiger partial charge >= 0.3 is 5.97 Å². The molecule has 1 unspecified atom stereocenters. The Labute approximate surface area is 151 Å². The molecule has 2 rings (SSSR count). The van der Waals surface area contributed by atoms with Crippen molar-refractivity contribution in [2.24, 2.45) is 0 Å². The number of carbonyl (C=O) groups is 2. The molecular weight excluding hydrogens is 400 g/mol. The van der Waals surface area contributed by atoms with E-state index >= 15 is 0 Å². The van der Waals surface area contributed by atoms with Crippen molar-refractivity contribution in [3.8, 4) is 5.75 Å². The van der Waals surface area contributed by atoms with E-state index in [1.807, 2.05) is 0 Å². The molecule has 0 fully saturated rings. The summed E-state index contributed by atoms with van der Waals surface area (Å²) >= 11 is 3.23. The predicted molar refractivity (Wildman–Crippen MR) is 90.6 cm³/mol. The number of para-hydroxylation sites is 1. The summed E-state index contributed by atoms with van der Waals surface area (Å²) in [6.45, 7) is 1.43. The number of ether oxygens (including phenoxy) is 2. The number of hydrogen-bond acceptors (Lipinski definition) is 4. The molecule has 1 N–H and O–H groups in total. The van der Waals surface area contributed by atoms with Crippen molar-refractivity contribution in [2.75, 3.05) is 12.4 Å². The van der Waals surface area contributed by atoms with E-state index in [1.165, 1.54) is 38.3 Å². The van der Waals surface area contributed by atoms with Gasteiger partial charge in [0.1, 0.15) is 23.1 Å². The standard InChI is InChI=1S/C17H14BrF2NO4/c1-9(16(22)21-15-12(19)4-3-5-13(15)20)25-14-7-6-10(8-11(14)18)17(23)24-2/h3-9H,1-2H3,(H,21,22). The number of nitrogens with one attached hydrogen (secondary N) is 1. The third-order valence-electron chi connectivity index (χ3n) is 3.24. The fraction of sp³-hybridized carbons (Fsp3) is 0.176. The fourth-order valence-electron chi connectivity index (χ4n) is 1.93. The highest BCUT2D eigenvalue weighted by Crippen LogP contribution is 2.27. The number of halogens is 3. The van der Waals surface area contributed by atoms with Gasteiger partial charge in [0.25, 0.3) is 5.91 Å². The molecule has 0 heterocycles. The van der Waals surface area contributed by atoms with Gasteiger partial charge < -0.3 is 14.8 Å². The summed E-state index contributed by atoms with van der Waals surface area (Å²) in [6.07, 6.45) is -1.04. The number of carbonyl (C=O) groups excluding carboxylic acids is 2. The number of amides is 1. The second-order valence-corrected chi connectivity index (χ2v) is 5.84. The van der Waals surface area contributed by atoms with Crippen LogP contribution in [0.2, 0.25) is 0 Å². The summed E-state index contributed by atoms with van der Waals surface area (Å²) in [6, 6.07) is 7.68. The lowest BCUT2D eigenvalue weighted by atomic mass is 10.2. The third-order valence-corrected chi connectivity index (χ3v) is 3.86. The SMILES string of the molecule is COC(=O)c1ccc(OC(C)C(=O)Nc2c(F)cccc2F)c(Br)c1. The van der Waals surface area contributed by atoms with E-state index in [9.17, 15) is 18.4 Å². The van der Waals surface area contributed by atoms with Gasteiger partial charge in [-0.1, -0.05) is 6.07 Å². The van der Waals surface area contributed by atoms with Crippen LogP contribution in [0.4, 0.5) is 14.5 Å². The minimum Gasteiger partial charge on any atom is -0.480 e. The molecule has 8 heteroatoms. The Hall–Kier alpha value is -2.48. The second kappa shape index (κ2) is 8.06. The molecule has 132 valence electrons. The first-order valence-electron chi connectivity index (χ1n) is 7.13. The highest BCUT2D eigenvalue weighted by atomic mass is 79.9. The quantitative estimate of drug-likeness (QED) is 0.754. The average Bonchev–Trinajstić information content (AvgIpc) is 2.59. The Kier molecular flexibility index (Phi) is 6.08. The molecule has 0 aromatic heterocycles. The van der Waals surface area contributed by atoms with Gasteiger partial charge in [-0.3, -0.25) is 4.79 Å². The topological polar surface area (TPSA) is 64.6 Å². The summed E-state index contributed by atoms with van der Waals surface area (Å²) in [4.78, 5) is 23.6. The van der Waals surface area contributed by atoms with E-state index in [-0.39, 0.29) is 5.75 Å². The highest BCUT2D eigenvalue weighted by molar-refractivity contribution is 9.10. The van der Waals surface area contributed by atoms with Crippen molar-refractivity contribution in [1.82, 2.24) is 0 Å². The monoisotopic (exact) mass is 413 g/mol. The Morgan fingerprint density at radius 2 is 1.80 bits per heavy atom. The van der Waals surface area contributed by atoms with Crippen molar-refractivity contribution in [3.05, 3.63) is 58.1 Å². The van der Waals surface area contributed by atoms with Gasteiger partial charge in [-0.05, 0) is 53.2 Å². The average molecular weight is 414 g/mol. The van der Waals surface area contributed by atoms with E-state index < -0.39 is 35.3 Å². The number of hydrogen-bond donors (Lipinski definition) is 1. The van der Waals surface area contributed by atoms with Crippen LogP contribution in [0.25, 0.3) is 0 Å². The fourth-order valence-corrected chi connectivity index (χ4v) is 2.40. The van der Waals surface area contributed by atoms with Gasteiger partial charge in [-0.2, -0.15) is 0 Å². The lowest BCUT2D eigenvalue weighted by Gasteiger charge is -2.16. The second-order valence-electron chi connectivity index (χ2n) is 4.98. The van der Waals surface area contributed by atoms with Gasteiger partial charge in [-0.15, -0.1) is 0 Å². The Balaban J connectivity index is 2.10. The van der Waals surface area contributed by atoms with E-state index in [4.69, 9.17) is 4.74 Å². The van der Waals surface area contributed by atoms with Crippen molar-refractivity contribution in [1.29, 1.82) is 0 Å². The maximum atomic E-state index is 13.6. The van der Waals surface area contributed by atoms with Crippen molar-refractivity contribution < 1.29 is 27.8 Å². The maximum absolute atomic E-state index is 13.6. The van der Waals surface area contributed by atoms with Crippen LogP contribution in [-0.2, 0) is 9.53 Å². The van der Waals surface area contributed by atoms with Gasteiger partial charge in [0.15, 0.2) is 6.10 Å². The van der Waals surface area contributed by atoms with Crippen LogP contribution in [0.3, 0.4) is 0 Å². The van der Waals surface area contributed by atoms with Crippen molar-refractivity contribution in [3.63, 3.8) is 0 Å². The first kappa shape index (κ1) is 18.9. The number of methoxy groups -OCH3 is 1. The van der Waals surface area contributed by atoms with Gasteiger partial charge in [0.2, 0.25) is 0 Å². The smallest absolute Gasteiger partial charge is 0.337 e. The molecule has 5 nitrogen and oxygen atoms in total. The lowest BCUT2D eigenvalue weighted by Crippen LogP contribution is -2.31. The Morgan fingerprint density at radius 3 is 2.36 bits per heavy atom. The van der Waals surface area contributed by atoms with Gasteiger partial charge in [0, 0.05) is 0 Å². The van der Waals surface area contributed by atoms with E-state index in [1.54, 1.807) is 0 Å². The van der Waals surface area contributed by atoms with Crippen molar-refractivity contribution >= 4 is 33.5 Å². The molecule has 0 bridgehead atoms. The molecule has 0 aliphatic heterocycles. The molecule has 0 saturated carbocycles. The number of benzene rings is 2. The van der Waals surface area contributed by atoms with Gasteiger partial charge in [0.05, 0.1) is 17.1 Å². The molecule has 2 aromatic rings. The molecule has 0 aliphatic rings. The third kappa shape index (κ3) is 4.54. The first-order valence-corrected chi connectivity index (χ1v) is 7.92. The molecule has 0 spiro atoms. The molecular formula is C17H14BrF2NO4. The van der Waals surface area contributed by atoms with E-state index in [2.05, 4.69) is 26.0 Å². The Morgan fingerprint density at radius 1 is 1.16 bits per heavy atom. The van der Waals surface area contributed by atoms with Crippen LogP contribution in [0, 0.1) is 11.6 Å². The predicted octanol–water partition coefficient (Wildman–Crippen LogP) is 3.92. The molecule has 1 amide bonds. The summed E-state index contributed by atoms with van der Waals surface area (Å²) in [5, 5.41) is 2.15. The number of anilines is 1. The minimum atomic E-state index is -1.04. The summed E-state index contributed by atoms with van der Waals surface area (Å²) in [5.74, 6) is -2.74. The van der Waals surface area contributed by atoms with Gasteiger partial charge in [-0.25, -0.2) is 13.6 Å². The molecule has 1 atom stereocenters. The van der Waals surface area contributed by atoms with Crippen LogP contribution >= 0.6 is 15.9 Å². The zero-order valence-electron chi connectivity index (χ0n) is 13.3. The van der Waals surface area contributed by atoms with E-state index in [0.717, 1.165) is 12.1 Å². The van der Waals surface area contributed by atoms with E-state index in [0.29, 0.717) is 10.0 Å². The number of rotatable bonds is 5. The summed E-state index contributed by atoms with van der Waals surface area (Å²) in [7, 11) is 1.26. The molecule has 0 saturated heterocycles. The van der Waals surface area contributed by atoms with Crippen LogP contribution in [0.15, 0.2) is 40.9 Å². The Bertz CT molecular complexity index is 793. The zero-order valence-corrected chi connectivity index (χ0v) is 14.9. The van der Waals surface area contributed by atoms with Crippen molar-refractivity contribution in [2.45, 2.75) is 13.0 Å². The molecule has 0 radical (unpaired) electrons. The summed E-state index contributed by atoms with van der Waals surface area (Å²) < 4.78 is 37.6. The first-order chi connectivity index (χ1) is 11.8. The molecule has 0 aliphatic carbocycles. The maximum Gasteiger partial charge on any atom is 0.337 e. The van der Waals surface area contributed by atoms with Crippen LogP contribution in [-0.4, -0.2) is 25.1 Å². The zero-order chi connectivity index (χ0) is 18.6. The lowest BCUT2D eigenvalue weighted by molar-refractivity contribution is -0.122.